The summed E-state index contributed by atoms with van der Waals surface area (Å²) in [5.41, 5.74) is -0.202. The van der Waals surface area contributed by atoms with Crippen LogP contribution in [0.4, 0.5) is 5.69 Å². The first-order valence-corrected chi connectivity index (χ1v) is 8.60. The number of benzene rings is 1. The first-order valence-electron chi connectivity index (χ1n) is 8.19. The SMILES string of the molecule is CCCOc1c(OCC)cc(/C=N\n2c(=S)[nH]nc(C)c2=O)cc1[N+](=O)[O-]. The van der Waals surface area contributed by atoms with Gasteiger partial charge in [-0.15, -0.1) is 0 Å². The number of aromatic amines is 1. The maximum Gasteiger partial charge on any atom is 0.315 e. The largest absolute Gasteiger partial charge is 0.490 e. The molecule has 2 rings (SSSR count). The standard InChI is InChI=1S/C16H19N5O5S/c1-4-6-26-14-12(21(23)24)7-11(8-13(14)25-5-2)9-17-20-15(22)10(3)18-19-16(20)27/h7-9H,4-6H2,1-3H3,(H,19,27)/b17-9-. The average molecular weight is 393 g/mol. The van der Waals surface area contributed by atoms with Crippen molar-refractivity contribution in [1.82, 2.24) is 14.9 Å². The minimum atomic E-state index is -0.556. The van der Waals surface area contributed by atoms with E-state index in [1.807, 2.05) is 6.92 Å². The molecule has 1 aromatic carbocycles. The molecule has 0 unspecified atom stereocenters. The van der Waals surface area contributed by atoms with Crippen molar-refractivity contribution in [2.24, 2.45) is 5.10 Å². The highest BCUT2D eigenvalue weighted by atomic mass is 32.1. The van der Waals surface area contributed by atoms with Crippen LogP contribution in [0.25, 0.3) is 0 Å². The van der Waals surface area contributed by atoms with E-state index in [0.717, 1.165) is 4.68 Å². The number of ether oxygens (including phenoxy) is 2. The maximum absolute atomic E-state index is 12.1. The molecular weight excluding hydrogens is 374 g/mol. The monoisotopic (exact) mass is 393 g/mol. The predicted molar refractivity (Wildman–Crippen MR) is 101 cm³/mol. The van der Waals surface area contributed by atoms with Crippen molar-refractivity contribution in [2.45, 2.75) is 27.2 Å². The summed E-state index contributed by atoms with van der Waals surface area (Å²) in [6.07, 6.45) is 1.97. The van der Waals surface area contributed by atoms with Gasteiger partial charge in [0, 0.05) is 11.6 Å². The number of aromatic nitrogens is 3. The molecule has 0 fully saturated rings. The number of H-pyrrole nitrogens is 1. The van der Waals surface area contributed by atoms with Gasteiger partial charge in [-0.2, -0.15) is 14.9 Å². The second-order valence-electron chi connectivity index (χ2n) is 5.38. The first-order chi connectivity index (χ1) is 12.9. The molecule has 0 saturated carbocycles. The highest BCUT2D eigenvalue weighted by Crippen LogP contribution is 2.38. The summed E-state index contributed by atoms with van der Waals surface area (Å²) in [4.78, 5) is 23.0. The van der Waals surface area contributed by atoms with Crippen molar-refractivity contribution in [3.8, 4) is 11.5 Å². The molecule has 0 aliphatic carbocycles. The second-order valence-corrected chi connectivity index (χ2v) is 5.77. The Balaban J connectivity index is 2.55. The Morgan fingerprint density at radius 3 is 2.78 bits per heavy atom. The zero-order chi connectivity index (χ0) is 20.0. The average Bonchev–Trinajstić information content (AvgIpc) is 2.63. The predicted octanol–water partition coefficient (Wildman–Crippen LogP) is 2.59. The van der Waals surface area contributed by atoms with Gasteiger partial charge in [-0.25, -0.2) is 0 Å². The lowest BCUT2D eigenvalue weighted by molar-refractivity contribution is -0.386. The lowest BCUT2D eigenvalue weighted by atomic mass is 10.2. The molecule has 10 nitrogen and oxygen atoms in total. The van der Waals surface area contributed by atoms with E-state index in [9.17, 15) is 14.9 Å². The third kappa shape index (κ3) is 4.76. The van der Waals surface area contributed by atoms with Gasteiger partial charge in [0.05, 0.1) is 24.4 Å². The topological polar surface area (TPSA) is 125 Å². The van der Waals surface area contributed by atoms with Crippen LogP contribution in [0.15, 0.2) is 22.0 Å². The highest BCUT2D eigenvalue weighted by molar-refractivity contribution is 7.71. The summed E-state index contributed by atoms with van der Waals surface area (Å²) in [5, 5.41) is 21.7. The molecule has 0 aliphatic heterocycles. The molecule has 0 aliphatic rings. The third-order valence-corrected chi connectivity index (χ3v) is 3.60. The number of hydrogen-bond acceptors (Lipinski definition) is 8. The molecule has 0 amide bonds. The molecular formula is C16H19N5O5S. The number of rotatable bonds is 8. The summed E-state index contributed by atoms with van der Waals surface area (Å²) in [6, 6.07) is 2.85. The summed E-state index contributed by atoms with van der Waals surface area (Å²) >= 11 is 5.00. The summed E-state index contributed by atoms with van der Waals surface area (Å²) < 4.78 is 11.9. The van der Waals surface area contributed by atoms with Crippen molar-refractivity contribution in [2.75, 3.05) is 13.2 Å². The molecule has 144 valence electrons. The van der Waals surface area contributed by atoms with Gasteiger partial charge in [-0.3, -0.25) is 20.0 Å². The van der Waals surface area contributed by atoms with Gasteiger partial charge >= 0.3 is 5.69 Å². The van der Waals surface area contributed by atoms with Crippen LogP contribution in [-0.4, -0.2) is 39.2 Å². The number of nitro benzene ring substituents is 1. The van der Waals surface area contributed by atoms with Crippen LogP contribution in [0.2, 0.25) is 0 Å². The minimum Gasteiger partial charge on any atom is -0.490 e. The van der Waals surface area contributed by atoms with Crippen LogP contribution < -0.4 is 15.0 Å². The molecule has 0 atom stereocenters. The van der Waals surface area contributed by atoms with E-state index >= 15 is 0 Å². The number of hydrogen-bond donors (Lipinski definition) is 1. The van der Waals surface area contributed by atoms with E-state index in [2.05, 4.69) is 15.3 Å². The van der Waals surface area contributed by atoms with Gasteiger partial charge in [0.2, 0.25) is 10.5 Å². The zero-order valence-electron chi connectivity index (χ0n) is 15.1. The van der Waals surface area contributed by atoms with Crippen LogP contribution >= 0.6 is 12.2 Å². The Kier molecular flexibility index (Phi) is 6.77. The normalized spacial score (nSPS) is 10.9. The van der Waals surface area contributed by atoms with Gasteiger partial charge < -0.3 is 9.47 Å². The Hall–Kier alpha value is -3.08. The Morgan fingerprint density at radius 1 is 1.41 bits per heavy atom. The van der Waals surface area contributed by atoms with Gasteiger partial charge in [0.15, 0.2) is 5.75 Å². The number of nitrogens with one attached hydrogen (secondary N) is 1. The number of aryl methyl sites for hydroxylation is 1. The van der Waals surface area contributed by atoms with E-state index in [-0.39, 0.29) is 27.7 Å². The molecule has 11 heteroatoms. The lowest BCUT2D eigenvalue weighted by Crippen LogP contribution is -2.22. The second kappa shape index (κ2) is 9.03. The van der Waals surface area contributed by atoms with Crippen LogP contribution in [0.5, 0.6) is 11.5 Å². The van der Waals surface area contributed by atoms with Crippen molar-refractivity contribution in [3.63, 3.8) is 0 Å². The molecule has 1 heterocycles. The Morgan fingerprint density at radius 2 is 2.15 bits per heavy atom. The fraction of sp³-hybridized carbons (Fsp3) is 0.375. The van der Waals surface area contributed by atoms with Crippen molar-refractivity contribution in [3.05, 3.63) is 48.6 Å². The van der Waals surface area contributed by atoms with Crippen LogP contribution in [-0.2, 0) is 0 Å². The molecule has 0 bridgehead atoms. The van der Waals surface area contributed by atoms with E-state index in [0.29, 0.717) is 25.2 Å². The van der Waals surface area contributed by atoms with Gasteiger partial charge in [0.1, 0.15) is 5.69 Å². The van der Waals surface area contributed by atoms with Crippen LogP contribution in [0.3, 0.4) is 0 Å². The number of nitro groups is 1. The molecule has 27 heavy (non-hydrogen) atoms. The molecule has 2 aromatic rings. The molecule has 1 aromatic heterocycles. The third-order valence-electron chi connectivity index (χ3n) is 3.34. The van der Waals surface area contributed by atoms with Crippen LogP contribution in [0.1, 0.15) is 31.5 Å². The van der Waals surface area contributed by atoms with Crippen molar-refractivity contribution >= 4 is 24.1 Å². The minimum absolute atomic E-state index is 0.00396. The van der Waals surface area contributed by atoms with Crippen molar-refractivity contribution in [1.29, 1.82) is 0 Å². The zero-order valence-corrected chi connectivity index (χ0v) is 15.9. The fourth-order valence-electron chi connectivity index (χ4n) is 2.13. The molecule has 1 N–H and O–H groups in total. The van der Waals surface area contributed by atoms with E-state index in [1.165, 1.54) is 19.2 Å². The summed E-state index contributed by atoms with van der Waals surface area (Å²) in [6.45, 7) is 5.78. The van der Waals surface area contributed by atoms with Crippen molar-refractivity contribution < 1.29 is 14.4 Å². The van der Waals surface area contributed by atoms with E-state index in [4.69, 9.17) is 21.7 Å². The highest BCUT2D eigenvalue weighted by Gasteiger charge is 2.22. The van der Waals surface area contributed by atoms with Gasteiger partial charge in [-0.1, -0.05) is 6.92 Å². The maximum atomic E-state index is 12.1. The summed E-state index contributed by atoms with van der Waals surface area (Å²) in [7, 11) is 0. The molecule has 0 spiro atoms. The fourth-order valence-corrected chi connectivity index (χ4v) is 2.31. The van der Waals surface area contributed by atoms with E-state index in [1.54, 1.807) is 13.0 Å². The molecule has 0 saturated heterocycles. The lowest BCUT2D eigenvalue weighted by Gasteiger charge is -2.12. The van der Waals surface area contributed by atoms with E-state index < -0.39 is 10.5 Å². The first kappa shape index (κ1) is 20.2. The number of nitrogens with zero attached hydrogens (tertiary/aromatic N) is 4. The Labute approximate surface area is 159 Å². The molecule has 0 radical (unpaired) electrons. The van der Waals surface area contributed by atoms with Gasteiger partial charge in [0.25, 0.3) is 5.56 Å². The Bertz CT molecular complexity index is 982. The van der Waals surface area contributed by atoms with Crippen LogP contribution in [0, 0.1) is 21.8 Å². The smallest absolute Gasteiger partial charge is 0.315 e. The van der Waals surface area contributed by atoms with Gasteiger partial charge in [-0.05, 0) is 38.6 Å². The quantitative estimate of drug-likeness (QED) is 0.316. The summed E-state index contributed by atoms with van der Waals surface area (Å²) in [5.74, 6) is 0.292.